The molecule has 2 aliphatic heterocycles. The van der Waals surface area contributed by atoms with Gasteiger partial charge in [0.15, 0.2) is 5.78 Å². The van der Waals surface area contributed by atoms with Gasteiger partial charge in [0.2, 0.25) is 17.7 Å². The van der Waals surface area contributed by atoms with Gasteiger partial charge in [-0.2, -0.15) is 0 Å². The molecule has 4 atom stereocenters. The molecule has 3 N–H and O–H groups in total. The van der Waals surface area contributed by atoms with Gasteiger partial charge in [-0.25, -0.2) is 0 Å². The van der Waals surface area contributed by atoms with Crippen LogP contribution in [0, 0.1) is 0 Å². The van der Waals surface area contributed by atoms with Gasteiger partial charge in [-0.1, -0.05) is 42.5 Å². The predicted octanol–water partition coefficient (Wildman–Crippen LogP) is 1.04. The summed E-state index contributed by atoms with van der Waals surface area (Å²) in [5.41, 5.74) is 0.902. The highest BCUT2D eigenvalue weighted by Gasteiger charge is 2.50. The van der Waals surface area contributed by atoms with Crippen LogP contribution < -0.4 is 20.7 Å². The van der Waals surface area contributed by atoms with E-state index in [4.69, 9.17) is 14.2 Å². The Balaban J connectivity index is 1.44. The second-order valence-corrected chi connectivity index (χ2v) is 11.3. The number of Topliss-reactive ketones (excluding diaryl/α,β-unsaturated/α-hetero) is 1. The lowest BCUT2D eigenvalue weighted by Gasteiger charge is -2.27. The standard InChI is InChI=1S/C32H42N4O7/c1-22(33-28(37)20-36-15-17-42-18-16-36)30(39)35-27(19-24-9-12-25(41-3)13-10-24)31(40)34-26(29(38)32(2)21-43-32)14-11-23-7-5-4-6-8-23/h4-10,12-13,22,26-27H,11,14-21H2,1-3H3,(H,33,37)(H,34,40)(H,35,39)/t22-,26-,27-,32+/m0/s1. The number of methoxy groups -OCH3 is 1. The minimum Gasteiger partial charge on any atom is -0.497 e. The number of carbonyl (C=O) groups is 4. The largest absolute Gasteiger partial charge is 0.497 e. The number of amides is 3. The average Bonchev–Trinajstić information content (AvgIpc) is 3.77. The van der Waals surface area contributed by atoms with E-state index in [0.29, 0.717) is 51.5 Å². The minimum atomic E-state index is -1.00. The van der Waals surface area contributed by atoms with Crippen LogP contribution in [0.3, 0.4) is 0 Å². The minimum absolute atomic E-state index is 0.156. The first-order chi connectivity index (χ1) is 20.7. The van der Waals surface area contributed by atoms with Gasteiger partial charge in [0.05, 0.1) is 39.5 Å². The van der Waals surface area contributed by atoms with Crippen molar-refractivity contribution in [2.24, 2.45) is 0 Å². The van der Waals surface area contributed by atoms with E-state index < -0.39 is 35.5 Å². The Labute approximate surface area is 252 Å². The maximum Gasteiger partial charge on any atom is 0.243 e. The molecule has 11 heteroatoms. The van der Waals surface area contributed by atoms with E-state index in [1.807, 2.05) is 47.4 Å². The van der Waals surface area contributed by atoms with Gasteiger partial charge in [-0.3, -0.25) is 24.1 Å². The lowest BCUT2D eigenvalue weighted by Crippen LogP contribution is -2.57. The summed E-state index contributed by atoms with van der Waals surface area (Å²) in [5, 5.41) is 8.43. The quantitative estimate of drug-likeness (QED) is 0.260. The molecular formula is C32H42N4O7. The topological polar surface area (TPSA) is 139 Å². The van der Waals surface area contributed by atoms with E-state index in [2.05, 4.69) is 16.0 Å². The highest BCUT2D eigenvalue weighted by atomic mass is 16.6. The molecule has 11 nitrogen and oxygen atoms in total. The van der Waals surface area contributed by atoms with E-state index >= 15 is 0 Å². The normalized spacial score (nSPS) is 20.3. The summed E-state index contributed by atoms with van der Waals surface area (Å²) in [6.45, 7) is 6.16. The van der Waals surface area contributed by atoms with Crippen molar-refractivity contribution in [1.29, 1.82) is 0 Å². The molecule has 2 fully saturated rings. The van der Waals surface area contributed by atoms with Crippen LogP contribution in [0.5, 0.6) is 5.75 Å². The number of nitrogens with one attached hydrogen (secondary N) is 3. The molecule has 0 saturated carbocycles. The van der Waals surface area contributed by atoms with Crippen molar-refractivity contribution in [1.82, 2.24) is 20.9 Å². The summed E-state index contributed by atoms with van der Waals surface area (Å²) < 4.78 is 16.0. The number of morpholine rings is 1. The van der Waals surface area contributed by atoms with Crippen molar-refractivity contribution in [3.63, 3.8) is 0 Å². The van der Waals surface area contributed by atoms with E-state index in [1.54, 1.807) is 33.1 Å². The molecular weight excluding hydrogens is 552 g/mol. The maximum absolute atomic E-state index is 13.7. The van der Waals surface area contributed by atoms with Crippen molar-refractivity contribution in [3.8, 4) is 5.75 Å². The first-order valence-corrected chi connectivity index (χ1v) is 14.7. The summed E-state index contributed by atoms with van der Waals surface area (Å²) in [6, 6.07) is 14.2. The van der Waals surface area contributed by atoms with Crippen LogP contribution in [0.4, 0.5) is 0 Å². The van der Waals surface area contributed by atoms with Crippen molar-refractivity contribution in [2.45, 2.75) is 56.8 Å². The summed E-state index contributed by atoms with van der Waals surface area (Å²) >= 11 is 0. The number of ketones is 1. The Kier molecular flexibility index (Phi) is 11.3. The summed E-state index contributed by atoms with van der Waals surface area (Å²) in [6.07, 6.45) is 1.13. The Bertz CT molecular complexity index is 1240. The Morgan fingerprint density at radius 3 is 2.19 bits per heavy atom. The van der Waals surface area contributed by atoms with Crippen molar-refractivity contribution in [2.75, 3.05) is 46.6 Å². The molecule has 2 aromatic rings. The Morgan fingerprint density at radius 1 is 0.907 bits per heavy atom. The molecule has 0 unspecified atom stereocenters. The lowest BCUT2D eigenvalue weighted by molar-refractivity contribution is -0.134. The first-order valence-electron chi connectivity index (χ1n) is 14.7. The van der Waals surface area contributed by atoms with Gasteiger partial charge < -0.3 is 30.2 Å². The molecule has 3 amide bonds. The van der Waals surface area contributed by atoms with Gasteiger partial charge in [-0.15, -0.1) is 0 Å². The number of hydrogen-bond acceptors (Lipinski definition) is 8. The molecule has 0 aromatic heterocycles. The molecule has 0 radical (unpaired) electrons. The van der Waals surface area contributed by atoms with Crippen molar-refractivity contribution >= 4 is 23.5 Å². The third-order valence-corrected chi connectivity index (χ3v) is 7.77. The fourth-order valence-corrected chi connectivity index (χ4v) is 4.93. The van der Waals surface area contributed by atoms with Gasteiger partial charge in [0.1, 0.15) is 23.4 Å². The van der Waals surface area contributed by atoms with Gasteiger partial charge in [0.25, 0.3) is 0 Å². The van der Waals surface area contributed by atoms with E-state index in [9.17, 15) is 19.2 Å². The van der Waals surface area contributed by atoms with Crippen LogP contribution in [-0.4, -0.2) is 98.7 Å². The molecule has 0 spiro atoms. The SMILES string of the molecule is COc1ccc(C[C@H](NC(=O)[C@H](C)NC(=O)CN2CCOCC2)C(=O)N[C@@H](CCc2ccccc2)C(=O)[C@@]2(C)CO2)cc1. The average molecular weight is 595 g/mol. The van der Waals surface area contributed by atoms with Gasteiger partial charge in [0, 0.05) is 19.5 Å². The third-order valence-electron chi connectivity index (χ3n) is 7.77. The first kappa shape index (κ1) is 32.1. The zero-order valence-electron chi connectivity index (χ0n) is 25.1. The number of aryl methyl sites for hydroxylation is 1. The Morgan fingerprint density at radius 2 is 1.56 bits per heavy atom. The van der Waals surface area contributed by atoms with E-state index in [0.717, 1.165) is 11.1 Å². The number of ether oxygens (including phenoxy) is 3. The fourth-order valence-electron chi connectivity index (χ4n) is 4.93. The summed E-state index contributed by atoms with van der Waals surface area (Å²) in [5.74, 6) is -0.824. The number of nitrogens with zero attached hydrogens (tertiary/aromatic N) is 1. The smallest absolute Gasteiger partial charge is 0.243 e. The van der Waals surface area contributed by atoms with E-state index in [-0.39, 0.29) is 24.7 Å². The molecule has 0 aliphatic carbocycles. The van der Waals surface area contributed by atoms with Gasteiger partial charge in [-0.05, 0) is 49.9 Å². The fraction of sp³-hybridized carbons (Fsp3) is 0.500. The third kappa shape index (κ3) is 9.60. The number of rotatable bonds is 15. The van der Waals surface area contributed by atoms with Crippen molar-refractivity contribution in [3.05, 3.63) is 65.7 Å². The molecule has 2 aromatic carbocycles. The molecule has 2 aliphatic rings. The number of hydrogen-bond donors (Lipinski definition) is 3. The van der Waals surface area contributed by atoms with Crippen LogP contribution >= 0.6 is 0 Å². The summed E-state index contributed by atoms with van der Waals surface area (Å²) in [4.78, 5) is 54.9. The molecule has 232 valence electrons. The summed E-state index contributed by atoms with van der Waals surface area (Å²) in [7, 11) is 1.57. The lowest BCUT2D eigenvalue weighted by atomic mass is 9.94. The zero-order valence-corrected chi connectivity index (χ0v) is 25.1. The van der Waals surface area contributed by atoms with Gasteiger partial charge >= 0.3 is 0 Å². The van der Waals surface area contributed by atoms with E-state index in [1.165, 1.54) is 0 Å². The number of epoxide rings is 1. The van der Waals surface area contributed by atoms with Crippen LogP contribution in [0.2, 0.25) is 0 Å². The Hall–Kier alpha value is -3.80. The maximum atomic E-state index is 13.7. The van der Waals surface area contributed by atoms with Crippen LogP contribution in [0.1, 0.15) is 31.4 Å². The monoisotopic (exact) mass is 594 g/mol. The molecule has 4 rings (SSSR count). The molecule has 43 heavy (non-hydrogen) atoms. The highest BCUT2D eigenvalue weighted by Crippen LogP contribution is 2.29. The molecule has 2 saturated heterocycles. The second-order valence-electron chi connectivity index (χ2n) is 11.3. The van der Waals surface area contributed by atoms with Crippen molar-refractivity contribution < 1.29 is 33.4 Å². The predicted molar refractivity (Wildman–Crippen MR) is 160 cm³/mol. The van der Waals surface area contributed by atoms with Crippen LogP contribution in [-0.2, 0) is 41.5 Å². The van der Waals surface area contributed by atoms with Crippen LogP contribution in [0.15, 0.2) is 54.6 Å². The highest BCUT2D eigenvalue weighted by molar-refractivity contribution is 5.98. The second kappa shape index (κ2) is 15.1. The molecule has 0 bridgehead atoms. The zero-order chi connectivity index (χ0) is 30.8. The molecule has 2 heterocycles. The van der Waals surface area contributed by atoms with Crippen LogP contribution in [0.25, 0.3) is 0 Å². The number of carbonyl (C=O) groups excluding carboxylic acids is 4. The number of benzene rings is 2.